The highest BCUT2D eigenvalue weighted by Gasteiger charge is 2.31. The van der Waals surface area contributed by atoms with Crippen molar-refractivity contribution in [2.24, 2.45) is 0 Å². The summed E-state index contributed by atoms with van der Waals surface area (Å²) < 4.78 is 18.3. The zero-order chi connectivity index (χ0) is 21.8. The maximum absolute atomic E-state index is 13.2. The number of methoxy groups -OCH3 is 1. The first kappa shape index (κ1) is 20.3. The zero-order valence-corrected chi connectivity index (χ0v) is 17.0. The lowest BCUT2D eigenvalue weighted by atomic mass is 9.94. The van der Waals surface area contributed by atoms with Crippen LogP contribution in [0.1, 0.15) is 15.9 Å². The lowest BCUT2D eigenvalue weighted by Gasteiger charge is -2.34. The highest BCUT2D eigenvalue weighted by Crippen LogP contribution is 2.39. The molecule has 1 heterocycles. The minimum atomic E-state index is -0.482. The van der Waals surface area contributed by atoms with E-state index in [9.17, 15) is 14.0 Å². The number of ether oxygens (including phenoxy) is 1. The highest BCUT2D eigenvalue weighted by atomic mass is 19.1. The van der Waals surface area contributed by atoms with Crippen LogP contribution >= 0.6 is 0 Å². The maximum atomic E-state index is 13.2. The van der Waals surface area contributed by atoms with Gasteiger partial charge in [0.2, 0.25) is 0 Å². The summed E-state index contributed by atoms with van der Waals surface area (Å²) in [5.41, 5.74) is 4.19. The van der Waals surface area contributed by atoms with E-state index in [0.29, 0.717) is 17.7 Å². The fourth-order valence-electron chi connectivity index (χ4n) is 3.68. The zero-order valence-electron chi connectivity index (χ0n) is 17.0. The van der Waals surface area contributed by atoms with Gasteiger partial charge in [0.1, 0.15) is 11.5 Å². The molecule has 0 unspecified atom stereocenters. The number of carbonyl (C=O) groups is 2. The number of hydrogen-bond acceptors (Lipinski definition) is 4. The van der Waals surface area contributed by atoms with Gasteiger partial charge >= 0.3 is 5.97 Å². The van der Waals surface area contributed by atoms with Crippen LogP contribution in [-0.4, -0.2) is 25.5 Å². The second-order valence-corrected chi connectivity index (χ2v) is 7.11. The predicted octanol–water partition coefficient (Wildman–Crippen LogP) is 4.38. The van der Waals surface area contributed by atoms with Gasteiger partial charge in [-0.2, -0.15) is 0 Å². The molecule has 1 N–H and O–H groups in total. The molecule has 6 heteroatoms. The van der Waals surface area contributed by atoms with E-state index < -0.39 is 11.8 Å². The number of anilines is 2. The van der Waals surface area contributed by atoms with Crippen LogP contribution in [0.2, 0.25) is 0 Å². The number of fused-ring (bicyclic) bond motifs is 1. The van der Waals surface area contributed by atoms with Crippen LogP contribution in [0.25, 0.3) is 0 Å². The van der Waals surface area contributed by atoms with E-state index in [-0.39, 0.29) is 12.5 Å². The molecule has 0 saturated carbocycles. The topological polar surface area (TPSA) is 58.6 Å². The first-order valence-corrected chi connectivity index (χ1v) is 9.85. The average Bonchev–Trinajstić information content (AvgIpc) is 2.82. The van der Waals surface area contributed by atoms with Gasteiger partial charge in [-0.05, 0) is 60.0 Å². The lowest BCUT2D eigenvalue weighted by molar-refractivity contribution is -0.136. The van der Waals surface area contributed by atoms with Crippen molar-refractivity contribution in [1.29, 1.82) is 0 Å². The summed E-state index contributed by atoms with van der Waals surface area (Å²) >= 11 is 0. The smallest absolute Gasteiger partial charge is 0.355 e. The molecule has 5 nitrogen and oxygen atoms in total. The molecule has 0 aromatic heterocycles. The highest BCUT2D eigenvalue weighted by molar-refractivity contribution is 5.99. The van der Waals surface area contributed by atoms with Gasteiger partial charge in [0, 0.05) is 23.5 Å². The predicted molar refractivity (Wildman–Crippen MR) is 117 cm³/mol. The number of para-hydroxylation sites is 2. The van der Waals surface area contributed by atoms with Gasteiger partial charge in [0.25, 0.3) is 5.91 Å². The fourth-order valence-corrected chi connectivity index (χ4v) is 3.68. The second-order valence-electron chi connectivity index (χ2n) is 7.11. The van der Waals surface area contributed by atoms with Crippen LogP contribution in [0.15, 0.2) is 90.1 Å². The minimum Gasteiger partial charge on any atom is -0.464 e. The van der Waals surface area contributed by atoms with E-state index in [1.54, 1.807) is 0 Å². The molecule has 0 saturated heterocycles. The Labute approximate surface area is 179 Å². The summed E-state index contributed by atoms with van der Waals surface area (Å²) in [7, 11) is 1.34. The van der Waals surface area contributed by atoms with Crippen molar-refractivity contribution in [3.05, 3.63) is 107 Å². The summed E-state index contributed by atoms with van der Waals surface area (Å²) in [6.07, 6.45) is 0.494. The molecule has 0 atom stereocenters. The van der Waals surface area contributed by atoms with Crippen molar-refractivity contribution < 1.29 is 18.7 Å². The number of hydrogen-bond donors (Lipinski definition) is 1. The van der Waals surface area contributed by atoms with Crippen molar-refractivity contribution in [2.75, 3.05) is 18.6 Å². The summed E-state index contributed by atoms with van der Waals surface area (Å²) in [6, 6.07) is 22.7. The van der Waals surface area contributed by atoms with Crippen LogP contribution in [-0.2, 0) is 16.0 Å². The molecule has 1 aliphatic rings. The summed E-state index contributed by atoms with van der Waals surface area (Å²) in [4.78, 5) is 27.3. The van der Waals surface area contributed by atoms with E-state index in [1.807, 2.05) is 59.5 Å². The average molecular weight is 416 g/mol. The van der Waals surface area contributed by atoms with E-state index in [0.717, 1.165) is 22.5 Å². The van der Waals surface area contributed by atoms with Gasteiger partial charge < -0.3 is 15.0 Å². The Morgan fingerprint density at radius 2 is 1.65 bits per heavy atom. The van der Waals surface area contributed by atoms with Crippen molar-refractivity contribution >= 4 is 23.3 Å². The van der Waals surface area contributed by atoms with Gasteiger partial charge in [0.15, 0.2) is 0 Å². The number of benzene rings is 3. The van der Waals surface area contributed by atoms with Crippen molar-refractivity contribution in [3.8, 4) is 0 Å². The number of halogens is 1. The first-order chi connectivity index (χ1) is 15.1. The molecule has 4 rings (SSSR count). The molecule has 3 aromatic carbocycles. The molecule has 1 aliphatic heterocycles. The molecule has 0 spiro atoms. The van der Waals surface area contributed by atoms with Crippen LogP contribution in [0.3, 0.4) is 0 Å². The Hall–Kier alpha value is -3.93. The molecule has 156 valence electrons. The molecule has 0 radical (unpaired) electrons. The number of amides is 1. The standard InChI is InChI=1S/C25H21FN2O3/c1-31-25(30)23-19(16-27-24(29)17-11-13-20(26)14-12-17)15-18-7-5-6-10-22(18)28(23)21-8-3-2-4-9-21/h2-14H,15-16H2,1H3,(H,27,29). The third-order valence-electron chi connectivity index (χ3n) is 5.16. The van der Waals surface area contributed by atoms with Gasteiger partial charge in [-0.3, -0.25) is 4.79 Å². The summed E-state index contributed by atoms with van der Waals surface area (Å²) in [6.45, 7) is 0.151. The van der Waals surface area contributed by atoms with Gasteiger partial charge in [-0.15, -0.1) is 0 Å². The Morgan fingerprint density at radius 3 is 2.35 bits per heavy atom. The quantitative estimate of drug-likeness (QED) is 0.628. The SMILES string of the molecule is COC(=O)C1=C(CNC(=O)c2ccc(F)cc2)Cc2ccccc2N1c1ccccc1. The molecule has 31 heavy (non-hydrogen) atoms. The van der Waals surface area contributed by atoms with E-state index in [1.165, 1.54) is 31.4 Å². The molecule has 0 aliphatic carbocycles. The van der Waals surface area contributed by atoms with E-state index in [4.69, 9.17) is 4.74 Å². The number of rotatable bonds is 5. The Bertz CT molecular complexity index is 1140. The normalized spacial score (nSPS) is 12.9. The largest absolute Gasteiger partial charge is 0.464 e. The molecule has 0 fully saturated rings. The fraction of sp³-hybridized carbons (Fsp3) is 0.120. The molecule has 0 bridgehead atoms. The number of esters is 1. The van der Waals surface area contributed by atoms with Crippen LogP contribution < -0.4 is 10.2 Å². The Balaban J connectivity index is 1.72. The first-order valence-electron chi connectivity index (χ1n) is 9.85. The van der Waals surface area contributed by atoms with Crippen molar-refractivity contribution in [1.82, 2.24) is 5.32 Å². The molecular formula is C25H21FN2O3. The van der Waals surface area contributed by atoms with E-state index >= 15 is 0 Å². The summed E-state index contributed by atoms with van der Waals surface area (Å²) in [5.74, 6) is -1.24. The maximum Gasteiger partial charge on any atom is 0.355 e. The van der Waals surface area contributed by atoms with Crippen molar-refractivity contribution in [2.45, 2.75) is 6.42 Å². The Morgan fingerprint density at radius 1 is 0.968 bits per heavy atom. The van der Waals surface area contributed by atoms with Crippen LogP contribution in [0.4, 0.5) is 15.8 Å². The third-order valence-corrected chi connectivity index (χ3v) is 5.16. The van der Waals surface area contributed by atoms with Gasteiger partial charge in [-0.1, -0.05) is 36.4 Å². The summed E-state index contributed by atoms with van der Waals surface area (Å²) in [5, 5.41) is 2.85. The van der Waals surface area contributed by atoms with Crippen LogP contribution in [0, 0.1) is 5.82 Å². The molecule has 1 amide bonds. The number of nitrogens with zero attached hydrogens (tertiary/aromatic N) is 1. The minimum absolute atomic E-state index is 0.151. The molecule has 3 aromatic rings. The number of carbonyl (C=O) groups excluding carboxylic acids is 2. The third kappa shape index (κ3) is 4.19. The van der Waals surface area contributed by atoms with Crippen molar-refractivity contribution in [3.63, 3.8) is 0 Å². The second kappa shape index (κ2) is 8.83. The molecular weight excluding hydrogens is 395 g/mol. The lowest BCUT2D eigenvalue weighted by Crippen LogP contribution is -2.35. The Kier molecular flexibility index (Phi) is 5.80. The van der Waals surface area contributed by atoms with Gasteiger partial charge in [-0.25, -0.2) is 9.18 Å². The van der Waals surface area contributed by atoms with Crippen LogP contribution in [0.5, 0.6) is 0 Å². The van der Waals surface area contributed by atoms with Gasteiger partial charge in [0.05, 0.1) is 7.11 Å². The monoisotopic (exact) mass is 416 g/mol. The number of nitrogens with one attached hydrogen (secondary N) is 1. The van der Waals surface area contributed by atoms with E-state index in [2.05, 4.69) is 5.32 Å².